The molecule has 1 aliphatic rings. The molecule has 2 aromatic carbocycles. The molecule has 2 atom stereocenters. The second-order valence-corrected chi connectivity index (χ2v) is 5.65. The van der Waals surface area contributed by atoms with Gasteiger partial charge >= 0.3 is 0 Å². The van der Waals surface area contributed by atoms with Gasteiger partial charge in [0.25, 0.3) is 0 Å². The number of halogens is 1. The van der Waals surface area contributed by atoms with Crippen molar-refractivity contribution in [2.45, 2.75) is 31.2 Å². The van der Waals surface area contributed by atoms with E-state index in [1.807, 2.05) is 24.3 Å². The summed E-state index contributed by atoms with van der Waals surface area (Å²) in [6.45, 7) is 0. The first-order chi connectivity index (χ1) is 9.27. The van der Waals surface area contributed by atoms with Gasteiger partial charge in [-0.2, -0.15) is 0 Å². The van der Waals surface area contributed by atoms with E-state index in [0.717, 1.165) is 17.0 Å². The number of rotatable bonds is 2. The molecular weight excluding hydrogens is 254 g/mol. The molecule has 0 spiro atoms. The van der Waals surface area contributed by atoms with Crippen molar-refractivity contribution in [3.63, 3.8) is 0 Å². The highest BCUT2D eigenvalue weighted by molar-refractivity contribution is 6.31. The first kappa shape index (κ1) is 12.7. The molecule has 2 unspecified atom stereocenters. The van der Waals surface area contributed by atoms with Gasteiger partial charge in [0.1, 0.15) is 0 Å². The monoisotopic (exact) mass is 271 g/mol. The normalized spacial score (nSPS) is 19.8. The van der Waals surface area contributed by atoms with E-state index in [9.17, 15) is 0 Å². The van der Waals surface area contributed by atoms with Gasteiger partial charge < -0.3 is 5.73 Å². The molecule has 2 N–H and O–H groups in total. The van der Waals surface area contributed by atoms with E-state index in [2.05, 4.69) is 24.3 Å². The Labute approximate surface area is 119 Å². The molecule has 19 heavy (non-hydrogen) atoms. The number of hydrogen-bond acceptors (Lipinski definition) is 1. The first-order valence-corrected chi connectivity index (χ1v) is 7.23. The summed E-state index contributed by atoms with van der Waals surface area (Å²) >= 11 is 6.29. The highest BCUT2D eigenvalue weighted by Gasteiger charge is 2.27. The average Bonchev–Trinajstić information content (AvgIpc) is 2.46. The Bertz CT molecular complexity index is 579. The summed E-state index contributed by atoms with van der Waals surface area (Å²) in [5, 5.41) is 0.776. The predicted octanol–water partition coefficient (Wildman–Crippen LogP) is 4.46. The fourth-order valence-electron chi connectivity index (χ4n) is 3.13. The molecule has 0 fully saturated rings. The third-order valence-electron chi connectivity index (χ3n) is 4.11. The molecule has 98 valence electrons. The van der Waals surface area contributed by atoms with Crippen molar-refractivity contribution in [1.29, 1.82) is 0 Å². The van der Waals surface area contributed by atoms with Gasteiger partial charge in [-0.15, -0.1) is 0 Å². The summed E-state index contributed by atoms with van der Waals surface area (Å²) in [5.41, 5.74) is 10.4. The van der Waals surface area contributed by atoms with Gasteiger partial charge in [0.15, 0.2) is 0 Å². The zero-order valence-electron chi connectivity index (χ0n) is 10.9. The molecule has 1 nitrogen and oxygen atoms in total. The zero-order chi connectivity index (χ0) is 13.2. The maximum absolute atomic E-state index is 6.50. The van der Waals surface area contributed by atoms with Crippen LogP contribution in [-0.4, -0.2) is 0 Å². The third kappa shape index (κ3) is 2.41. The molecule has 0 amide bonds. The van der Waals surface area contributed by atoms with Gasteiger partial charge in [0, 0.05) is 17.0 Å². The van der Waals surface area contributed by atoms with Crippen LogP contribution < -0.4 is 5.73 Å². The molecule has 0 bridgehead atoms. The van der Waals surface area contributed by atoms with Crippen LogP contribution in [0.2, 0.25) is 5.02 Å². The van der Waals surface area contributed by atoms with Gasteiger partial charge in [-0.3, -0.25) is 0 Å². The van der Waals surface area contributed by atoms with E-state index in [1.54, 1.807) is 0 Å². The Balaban J connectivity index is 1.98. The molecule has 3 rings (SSSR count). The van der Waals surface area contributed by atoms with E-state index in [1.165, 1.54) is 24.0 Å². The smallest absolute Gasteiger partial charge is 0.0453 e. The second-order valence-electron chi connectivity index (χ2n) is 5.24. The Morgan fingerprint density at radius 1 is 1.05 bits per heavy atom. The van der Waals surface area contributed by atoms with Crippen LogP contribution in [-0.2, 0) is 6.42 Å². The topological polar surface area (TPSA) is 26.0 Å². The molecule has 1 aliphatic carbocycles. The van der Waals surface area contributed by atoms with Crippen LogP contribution in [0.5, 0.6) is 0 Å². The summed E-state index contributed by atoms with van der Waals surface area (Å²) in [7, 11) is 0. The van der Waals surface area contributed by atoms with Gasteiger partial charge in [-0.05, 0) is 42.0 Å². The lowest BCUT2D eigenvalue weighted by molar-refractivity contribution is 0.475. The van der Waals surface area contributed by atoms with Crippen LogP contribution in [0.1, 0.15) is 41.5 Å². The average molecular weight is 272 g/mol. The van der Waals surface area contributed by atoms with Crippen molar-refractivity contribution < 1.29 is 0 Å². The Kier molecular flexibility index (Phi) is 3.58. The standard InChI is InChI=1S/C17H18ClN/c18-16-11-4-3-9-15(16)17(19)14-10-5-7-12-6-1-2-8-13(12)14/h1-4,6,8-9,11,14,17H,5,7,10,19H2. The molecular formula is C17H18ClN. The summed E-state index contributed by atoms with van der Waals surface area (Å²) in [6, 6.07) is 16.6. The predicted molar refractivity (Wildman–Crippen MR) is 80.5 cm³/mol. The molecule has 0 saturated heterocycles. The molecule has 2 heteroatoms. The van der Waals surface area contributed by atoms with Crippen molar-refractivity contribution in [2.24, 2.45) is 5.73 Å². The molecule has 0 saturated carbocycles. The van der Waals surface area contributed by atoms with Crippen molar-refractivity contribution in [3.05, 3.63) is 70.2 Å². The summed E-state index contributed by atoms with van der Waals surface area (Å²) in [6.07, 6.45) is 3.52. The highest BCUT2D eigenvalue weighted by Crippen LogP contribution is 2.40. The largest absolute Gasteiger partial charge is 0.323 e. The molecule has 0 aromatic heterocycles. The van der Waals surface area contributed by atoms with E-state index in [4.69, 9.17) is 17.3 Å². The van der Waals surface area contributed by atoms with E-state index in [0.29, 0.717) is 5.92 Å². The summed E-state index contributed by atoms with van der Waals surface area (Å²) in [5.74, 6) is 0.379. The van der Waals surface area contributed by atoms with Gasteiger partial charge in [0.05, 0.1) is 0 Å². The van der Waals surface area contributed by atoms with Crippen LogP contribution in [0.3, 0.4) is 0 Å². The fraction of sp³-hybridized carbons (Fsp3) is 0.294. The van der Waals surface area contributed by atoms with Crippen LogP contribution in [0.15, 0.2) is 48.5 Å². The van der Waals surface area contributed by atoms with E-state index >= 15 is 0 Å². The molecule has 2 aromatic rings. The molecule has 0 aliphatic heterocycles. The van der Waals surface area contributed by atoms with Gasteiger partial charge in [-0.25, -0.2) is 0 Å². The van der Waals surface area contributed by atoms with Crippen molar-refractivity contribution in [1.82, 2.24) is 0 Å². The molecule has 0 radical (unpaired) electrons. The Morgan fingerprint density at radius 2 is 1.79 bits per heavy atom. The number of benzene rings is 2. The Morgan fingerprint density at radius 3 is 2.63 bits per heavy atom. The summed E-state index contributed by atoms with van der Waals surface area (Å²) in [4.78, 5) is 0. The first-order valence-electron chi connectivity index (χ1n) is 6.85. The number of nitrogens with two attached hydrogens (primary N) is 1. The van der Waals surface area contributed by atoms with E-state index in [-0.39, 0.29) is 6.04 Å². The van der Waals surface area contributed by atoms with Crippen molar-refractivity contribution in [3.8, 4) is 0 Å². The quantitative estimate of drug-likeness (QED) is 0.857. The van der Waals surface area contributed by atoms with Crippen LogP contribution in [0.4, 0.5) is 0 Å². The zero-order valence-corrected chi connectivity index (χ0v) is 11.6. The van der Waals surface area contributed by atoms with Crippen LogP contribution in [0, 0.1) is 0 Å². The number of aryl methyl sites for hydroxylation is 1. The maximum Gasteiger partial charge on any atom is 0.0453 e. The van der Waals surface area contributed by atoms with Crippen LogP contribution in [0.25, 0.3) is 0 Å². The summed E-state index contributed by atoms with van der Waals surface area (Å²) < 4.78 is 0. The minimum atomic E-state index is -0.0184. The minimum Gasteiger partial charge on any atom is -0.323 e. The lowest BCUT2D eigenvalue weighted by Gasteiger charge is -2.30. The van der Waals surface area contributed by atoms with Gasteiger partial charge in [-0.1, -0.05) is 54.1 Å². The third-order valence-corrected chi connectivity index (χ3v) is 4.46. The lowest BCUT2D eigenvalue weighted by atomic mass is 9.77. The number of fused-ring (bicyclic) bond motifs is 1. The lowest BCUT2D eigenvalue weighted by Crippen LogP contribution is -2.23. The second kappa shape index (κ2) is 5.36. The SMILES string of the molecule is NC(c1ccccc1Cl)C1CCCc2ccccc21. The highest BCUT2D eigenvalue weighted by atomic mass is 35.5. The molecule has 0 heterocycles. The number of hydrogen-bond donors (Lipinski definition) is 1. The Hall–Kier alpha value is -1.31. The minimum absolute atomic E-state index is 0.0184. The maximum atomic E-state index is 6.50. The van der Waals surface area contributed by atoms with Crippen molar-refractivity contribution >= 4 is 11.6 Å². The van der Waals surface area contributed by atoms with Gasteiger partial charge in [0.2, 0.25) is 0 Å². The van der Waals surface area contributed by atoms with Crippen molar-refractivity contribution in [2.75, 3.05) is 0 Å². The fourth-order valence-corrected chi connectivity index (χ4v) is 3.39. The van der Waals surface area contributed by atoms with Crippen LogP contribution >= 0.6 is 11.6 Å². The van der Waals surface area contributed by atoms with E-state index < -0.39 is 0 Å².